The largest absolute Gasteiger partial charge is 0.324 e. The van der Waals surface area contributed by atoms with Gasteiger partial charge in [0.25, 0.3) is 5.56 Å². The number of benzene rings is 2. The first kappa shape index (κ1) is 21.3. The number of aryl methyl sites for hydroxylation is 2. The maximum atomic E-state index is 12.7. The van der Waals surface area contributed by atoms with Gasteiger partial charge in [-0.3, -0.25) is 14.4 Å². The third-order valence-corrected chi connectivity index (χ3v) is 4.72. The van der Waals surface area contributed by atoms with E-state index >= 15 is 0 Å². The van der Waals surface area contributed by atoms with Crippen molar-refractivity contribution < 1.29 is 9.59 Å². The second-order valence-corrected chi connectivity index (χ2v) is 7.35. The van der Waals surface area contributed by atoms with Gasteiger partial charge < -0.3 is 10.6 Å². The summed E-state index contributed by atoms with van der Waals surface area (Å²) < 4.78 is 1.04. The van der Waals surface area contributed by atoms with E-state index in [-0.39, 0.29) is 12.2 Å². The third-order valence-electron chi connectivity index (χ3n) is 4.46. The number of nitrogens with one attached hydrogen (secondary N) is 2. The number of aromatic nitrogens is 2. The first-order valence-corrected chi connectivity index (χ1v) is 9.64. The Balaban J connectivity index is 1.97. The van der Waals surface area contributed by atoms with Crippen molar-refractivity contribution in [2.45, 2.75) is 27.3 Å². The number of amides is 2. The van der Waals surface area contributed by atoms with Crippen LogP contribution >= 0.6 is 11.6 Å². The SMILES string of the molecule is CC(=O)Nc1cc(-c2ccc(Cl)cc2)nn(CC(=O)Nc2c(C)cccc2C)c1=O. The molecule has 0 spiro atoms. The Morgan fingerprint density at radius 3 is 2.27 bits per heavy atom. The van der Waals surface area contributed by atoms with Crippen molar-refractivity contribution in [2.75, 3.05) is 10.6 Å². The van der Waals surface area contributed by atoms with Crippen molar-refractivity contribution in [2.24, 2.45) is 0 Å². The molecule has 3 rings (SSSR count). The van der Waals surface area contributed by atoms with Gasteiger partial charge in [0, 0.05) is 23.2 Å². The van der Waals surface area contributed by atoms with Crippen molar-refractivity contribution in [1.82, 2.24) is 9.78 Å². The minimum atomic E-state index is -0.570. The van der Waals surface area contributed by atoms with Crippen LogP contribution in [-0.4, -0.2) is 21.6 Å². The standard InChI is InChI=1S/C22H21ClN4O3/c1-13-5-4-6-14(2)21(13)25-20(29)12-27-22(30)19(24-15(3)28)11-18(26-27)16-7-9-17(23)10-8-16/h4-11H,12H2,1-3H3,(H,24,28)(H,25,29). The smallest absolute Gasteiger partial charge is 0.291 e. The van der Waals surface area contributed by atoms with Crippen molar-refractivity contribution in [3.05, 3.63) is 75.0 Å². The monoisotopic (exact) mass is 424 g/mol. The van der Waals surface area contributed by atoms with Crippen LogP contribution in [0.5, 0.6) is 0 Å². The highest BCUT2D eigenvalue weighted by molar-refractivity contribution is 6.30. The van der Waals surface area contributed by atoms with Crippen LogP contribution in [0.1, 0.15) is 18.1 Å². The van der Waals surface area contributed by atoms with Gasteiger partial charge >= 0.3 is 0 Å². The zero-order valence-corrected chi connectivity index (χ0v) is 17.6. The molecule has 0 aliphatic carbocycles. The van der Waals surface area contributed by atoms with Crippen molar-refractivity contribution in [1.29, 1.82) is 0 Å². The summed E-state index contributed by atoms with van der Waals surface area (Å²) in [6.45, 7) is 4.78. The summed E-state index contributed by atoms with van der Waals surface area (Å²) >= 11 is 5.94. The van der Waals surface area contributed by atoms with Gasteiger partial charge in [-0.2, -0.15) is 5.10 Å². The molecule has 2 amide bonds. The minimum Gasteiger partial charge on any atom is -0.324 e. The zero-order valence-electron chi connectivity index (χ0n) is 16.8. The van der Waals surface area contributed by atoms with Crippen LogP contribution in [0.3, 0.4) is 0 Å². The Morgan fingerprint density at radius 1 is 1.03 bits per heavy atom. The molecule has 0 bridgehead atoms. The molecule has 7 nitrogen and oxygen atoms in total. The second-order valence-electron chi connectivity index (χ2n) is 6.91. The fourth-order valence-corrected chi connectivity index (χ4v) is 3.14. The third kappa shape index (κ3) is 4.93. The van der Waals surface area contributed by atoms with E-state index in [1.165, 1.54) is 13.0 Å². The van der Waals surface area contributed by atoms with E-state index in [1.54, 1.807) is 24.3 Å². The molecule has 30 heavy (non-hydrogen) atoms. The number of nitrogens with zero attached hydrogens (tertiary/aromatic N) is 2. The lowest BCUT2D eigenvalue weighted by Gasteiger charge is -2.13. The molecule has 154 valence electrons. The molecule has 0 fully saturated rings. The van der Waals surface area contributed by atoms with Gasteiger partial charge in [0.05, 0.1) is 5.69 Å². The number of hydrogen-bond donors (Lipinski definition) is 2. The maximum Gasteiger partial charge on any atom is 0.291 e. The van der Waals surface area contributed by atoms with Gasteiger partial charge in [-0.15, -0.1) is 0 Å². The Kier molecular flexibility index (Phi) is 6.32. The molecule has 8 heteroatoms. The molecule has 2 N–H and O–H groups in total. The predicted molar refractivity (Wildman–Crippen MR) is 118 cm³/mol. The Bertz CT molecular complexity index is 1150. The molecular weight excluding hydrogens is 404 g/mol. The summed E-state index contributed by atoms with van der Waals surface area (Å²) in [6, 6.07) is 14.0. The lowest BCUT2D eigenvalue weighted by molar-refractivity contribution is -0.117. The highest BCUT2D eigenvalue weighted by Crippen LogP contribution is 2.21. The number of carbonyl (C=O) groups excluding carboxylic acids is 2. The van der Waals surface area contributed by atoms with Crippen LogP contribution in [0.4, 0.5) is 11.4 Å². The van der Waals surface area contributed by atoms with E-state index in [1.807, 2.05) is 32.0 Å². The number of anilines is 2. The van der Waals surface area contributed by atoms with E-state index < -0.39 is 17.4 Å². The lowest BCUT2D eigenvalue weighted by atomic mass is 10.1. The fraction of sp³-hybridized carbons (Fsp3) is 0.182. The summed E-state index contributed by atoms with van der Waals surface area (Å²) in [4.78, 5) is 36.9. The van der Waals surface area contributed by atoms with E-state index in [9.17, 15) is 14.4 Å². The Labute approximate surface area is 178 Å². The van der Waals surface area contributed by atoms with Crippen LogP contribution in [0.15, 0.2) is 53.3 Å². The van der Waals surface area contributed by atoms with Crippen LogP contribution in [-0.2, 0) is 16.1 Å². The molecule has 1 aromatic heterocycles. The van der Waals surface area contributed by atoms with Crippen molar-refractivity contribution in [3.8, 4) is 11.3 Å². The van der Waals surface area contributed by atoms with E-state index in [0.29, 0.717) is 22.0 Å². The number of hydrogen-bond acceptors (Lipinski definition) is 4. The van der Waals surface area contributed by atoms with E-state index in [0.717, 1.165) is 15.8 Å². The highest BCUT2D eigenvalue weighted by Gasteiger charge is 2.15. The minimum absolute atomic E-state index is 0.0438. The average Bonchev–Trinajstić information content (AvgIpc) is 2.68. The van der Waals surface area contributed by atoms with Gasteiger partial charge in [-0.05, 0) is 43.2 Å². The van der Waals surface area contributed by atoms with Crippen molar-refractivity contribution >= 4 is 34.8 Å². The topological polar surface area (TPSA) is 93.1 Å². The van der Waals surface area contributed by atoms with Crippen LogP contribution < -0.4 is 16.2 Å². The summed E-state index contributed by atoms with van der Waals surface area (Å²) in [5.74, 6) is -0.795. The molecule has 0 aliphatic heterocycles. The Hall–Kier alpha value is -3.45. The highest BCUT2D eigenvalue weighted by atomic mass is 35.5. The summed E-state index contributed by atoms with van der Waals surface area (Å²) in [7, 11) is 0. The van der Waals surface area contributed by atoms with Crippen LogP contribution in [0.25, 0.3) is 11.3 Å². The molecule has 1 heterocycles. The lowest BCUT2D eigenvalue weighted by Crippen LogP contribution is -2.32. The molecular formula is C22H21ClN4O3. The van der Waals surface area contributed by atoms with Gasteiger partial charge in [-0.25, -0.2) is 4.68 Å². The van der Waals surface area contributed by atoms with E-state index in [4.69, 9.17) is 11.6 Å². The summed E-state index contributed by atoms with van der Waals surface area (Å²) in [6.07, 6.45) is 0. The Morgan fingerprint density at radius 2 is 1.67 bits per heavy atom. The van der Waals surface area contributed by atoms with Crippen molar-refractivity contribution in [3.63, 3.8) is 0 Å². The summed E-state index contributed by atoms with van der Waals surface area (Å²) in [5.41, 5.74) is 3.12. The van der Waals surface area contributed by atoms with Gasteiger partial charge in [0.1, 0.15) is 12.2 Å². The number of halogens is 1. The first-order valence-electron chi connectivity index (χ1n) is 9.26. The van der Waals surface area contributed by atoms with E-state index in [2.05, 4.69) is 15.7 Å². The van der Waals surface area contributed by atoms with Crippen LogP contribution in [0, 0.1) is 13.8 Å². The number of carbonyl (C=O) groups is 2. The maximum absolute atomic E-state index is 12.7. The number of para-hydroxylation sites is 1. The van der Waals surface area contributed by atoms with Gasteiger partial charge in [0.2, 0.25) is 11.8 Å². The quantitative estimate of drug-likeness (QED) is 0.651. The van der Waals surface area contributed by atoms with Gasteiger partial charge in [-0.1, -0.05) is 41.9 Å². The zero-order chi connectivity index (χ0) is 21.8. The van der Waals surface area contributed by atoms with Gasteiger partial charge in [0.15, 0.2) is 0 Å². The molecule has 0 atom stereocenters. The average molecular weight is 425 g/mol. The predicted octanol–water partition coefficient (Wildman–Crippen LogP) is 3.78. The summed E-state index contributed by atoms with van der Waals surface area (Å²) in [5, 5.41) is 10.2. The molecule has 0 saturated carbocycles. The molecule has 2 aromatic carbocycles. The fourth-order valence-electron chi connectivity index (χ4n) is 3.02. The second kappa shape index (κ2) is 8.92. The molecule has 3 aromatic rings. The molecule has 0 unspecified atom stereocenters. The molecule has 0 aliphatic rings. The molecule has 0 radical (unpaired) electrons. The molecule has 0 saturated heterocycles. The number of rotatable bonds is 5. The van der Waals surface area contributed by atoms with Crippen LogP contribution in [0.2, 0.25) is 5.02 Å². The first-order chi connectivity index (χ1) is 14.2. The normalized spacial score (nSPS) is 10.5.